The molecular formula is C26H16N6. The molecule has 5 heterocycles. The Balaban J connectivity index is 1.47. The van der Waals surface area contributed by atoms with Crippen LogP contribution in [0.3, 0.4) is 0 Å². The summed E-state index contributed by atoms with van der Waals surface area (Å²) in [6.07, 6.45) is 7.30. The van der Waals surface area contributed by atoms with Gasteiger partial charge in [0.05, 0.1) is 45.5 Å². The monoisotopic (exact) mass is 412 g/mol. The van der Waals surface area contributed by atoms with Crippen LogP contribution in [-0.4, -0.2) is 29.1 Å². The minimum Gasteiger partial charge on any atom is -0.291 e. The number of benzene rings is 2. The summed E-state index contributed by atoms with van der Waals surface area (Å²) >= 11 is 0. The number of nitrogens with zero attached hydrogens (tertiary/aromatic N) is 6. The summed E-state index contributed by atoms with van der Waals surface area (Å²) in [4.78, 5) is 18.8. The van der Waals surface area contributed by atoms with E-state index in [4.69, 9.17) is 9.97 Å². The molecule has 0 radical (unpaired) electrons. The van der Waals surface area contributed by atoms with E-state index in [-0.39, 0.29) is 0 Å². The van der Waals surface area contributed by atoms with Crippen molar-refractivity contribution in [3.63, 3.8) is 0 Å². The number of fused-ring (bicyclic) bond motifs is 6. The molecular weight excluding hydrogens is 396 g/mol. The fraction of sp³-hybridized carbons (Fsp3) is 0. The van der Waals surface area contributed by atoms with Crippen LogP contribution in [0, 0.1) is 0 Å². The normalized spacial score (nSPS) is 11.8. The first-order valence-corrected chi connectivity index (χ1v) is 10.4. The van der Waals surface area contributed by atoms with Gasteiger partial charge in [0.2, 0.25) is 0 Å². The molecule has 2 aromatic carbocycles. The number of hydrogen-bond donors (Lipinski definition) is 0. The largest absolute Gasteiger partial charge is 0.291 e. The van der Waals surface area contributed by atoms with Gasteiger partial charge in [0.1, 0.15) is 0 Å². The number of aromatic nitrogens is 6. The van der Waals surface area contributed by atoms with Gasteiger partial charge in [-0.1, -0.05) is 36.4 Å². The van der Waals surface area contributed by atoms with Gasteiger partial charge in [-0.2, -0.15) is 0 Å². The van der Waals surface area contributed by atoms with Gasteiger partial charge in [-0.05, 0) is 36.4 Å². The molecule has 0 aliphatic carbocycles. The molecule has 0 bridgehead atoms. The first-order valence-electron chi connectivity index (χ1n) is 10.4. The lowest BCUT2D eigenvalue weighted by Crippen LogP contribution is -2.03. The zero-order valence-corrected chi connectivity index (χ0v) is 16.9. The summed E-state index contributed by atoms with van der Waals surface area (Å²) < 4.78 is 4.23. The average molecular weight is 412 g/mol. The van der Waals surface area contributed by atoms with Crippen molar-refractivity contribution >= 4 is 43.9 Å². The number of para-hydroxylation sites is 2. The van der Waals surface area contributed by atoms with Gasteiger partial charge in [-0.3, -0.25) is 19.1 Å². The number of rotatable bonds is 2. The van der Waals surface area contributed by atoms with Gasteiger partial charge < -0.3 is 0 Å². The van der Waals surface area contributed by atoms with Crippen LogP contribution in [-0.2, 0) is 0 Å². The molecule has 0 saturated heterocycles. The Morgan fingerprint density at radius 1 is 0.438 bits per heavy atom. The molecule has 0 aliphatic rings. The van der Waals surface area contributed by atoms with E-state index in [9.17, 15) is 0 Å². The Bertz CT molecular complexity index is 1540. The second kappa shape index (κ2) is 6.46. The Labute approximate surface area is 182 Å². The van der Waals surface area contributed by atoms with Crippen LogP contribution in [0.15, 0.2) is 97.6 Å². The van der Waals surface area contributed by atoms with E-state index in [1.165, 1.54) is 0 Å². The zero-order chi connectivity index (χ0) is 21.1. The maximum atomic E-state index is 4.82. The molecule has 32 heavy (non-hydrogen) atoms. The quantitative estimate of drug-likeness (QED) is 0.378. The molecule has 0 fully saturated rings. The smallest absolute Gasteiger partial charge is 0.156 e. The molecule has 0 amide bonds. The lowest BCUT2D eigenvalue weighted by Gasteiger charge is -2.09. The van der Waals surface area contributed by atoms with Crippen molar-refractivity contribution in [2.75, 3.05) is 0 Å². The zero-order valence-electron chi connectivity index (χ0n) is 16.9. The number of pyridine rings is 2. The minimum absolute atomic E-state index is 0.756. The van der Waals surface area contributed by atoms with Crippen molar-refractivity contribution in [1.29, 1.82) is 0 Å². The number of hydrogen-bond acceptors (Lipinski definition) is 4. The van der Waals surface area contributed by atoms with Crippen LogP contribution >= 0.6 is 0 Å². The maximum Gasteiger partial charge on any atom is 0.156 e. The standard InChI is InChI=1S/C26H16N6/c1-3-9-19-17(7-1)25-21(11-5-13-27-25)31(19)23-15-30-24(16-29-23)32-20-10-4-2-8-18(20)26-22(32)12-6-14-28-26/h1-16H. The van der Waals surface area contributed by atoms with Crippen molar-refractivity contribution in [2.45, 2.75) is 0 Å². The molecule has 0 unspecified atom stereocenters. The van der Waals surface area contributed by atoms with Crippen LogP contribution in [0.5, 0.6) is 0 Å². The first kappa shape index (κ1) is 17.1. The Morgan fingerprint density at radius 3 is 1.34 bits per heavy atom. The lowest BCUT2D eigenvalue weighted by atomic mass is 10.2. The summed E-state index contributed by atoms with van der Waals surface area (Å²) in [5.41, 5.74) is 6.06. The first-order chi connectivity index (χ1) is 15.9. The Morgan fingerprint density at radius 2 is 0.875 bits per heavy atom. The fourth-order valence-electron chi connectivity index (χ4n) is 4.61. The highest BCUT2D eigenvalue weighted by molar-refractivity contribution is 6.07. The van der Waals surface area contributed by atoms with Crippen molar-refractivity contribution in [2.24, 2.45) is 0 Å². The maximum absolute atomic E-state index is 4.82. The highest BCUT2D eigenvalue weighted by atomic mass is 15.1. The molecule has 6 nitrogen and oxygen atoms in total. The van der Waals surface area contributed by atoms with Gasteiger partial charge in [0, 0.05) is 23.2 Å². The van der Waals surface area contributed by atoms with Gasteiger partial charge in [0.15, 0.2) is 11.6 Å². The third-order valence-electron chi connectivity index (χ3n) is 5.94. The Hall–Kier alpha value is -4.58. The second-order valence-corrected chi connectivity index (χ2v) is 7.68. The molecule has 150 valence electrons. The lowest BCUT2D eigenvalue weighted by molar-refractivity contribution is 0.988. The molecule has 0 N–H and O–H groups in total. The summed E-state index contributed by atoms with van der Waals surface area (Å²) in [7, 11) is 0. The predicted molar refractivity (Wildman–Crippen MR) is 126 cm³/mol. The molecule has 0 spiro atoms. The molecule has 7 rings (SSSR count). The van der Waals surface area contributed by atoms with Crippen molar-refractivity contribution in [1.82, 2.24) is 29.1 Å². The molecule has 0 aliphatic heterocycles. The highest BCUT2D eigenvalue weighted by Crippen LogP contribution is 2.31. The van der Waals surface area contributed by atoms with Crippen molar-refractivity contribution in [3.8, 4) is 11.6 Å². The van der Waals surface area contributed by atoms with Gasteiger partial charge >= 0.3 is 0 Å². The minimum atomic E-state index is 0.756. The summed E-state index contributed by atoms with van der Waals surface area (Å²) in [5, 5.41) is 2.20. The molecule has 7 aromatic rings. The van der Waals surface area contributed by atoms with Crippen LogP contribution < -0.4 is 0 Å². The van der Waals surface area contributed by atoms with E-state index in [2.05, 4.69) is 55.5 Å². The van der Waals surface area contributed by atoms with E-state index < -0.39 is 0 Å². The van der Waals surface area contributed by atoms with Crippen LogP contribution in [0.25, 0.3) is 55.5 Å². The summed E-state index contributed by atoms with van der Waals surface area (Å²) in [6.45, 7) is 0. The topological polar surface area (TPSA) is 61.4 Å². The van der Waals surface area contributed by atoms with E-state index in [1.807, 2.05) is 61.2 Å². The fourth-order valence-corrected chi connectivity index (χ4v) is 4.61. The van der Waals surface area contributed by atoms with Crippen LogP contribution in [0.4, 0.5) is 0 Å². The average Bonchev–Trinajstić information content (AvgIpc) is 3.38. The van der Waals surface area contributed by atoms with E-state index in [1.54, 1.807) is 0 Å². The van der Waals surface area contributed by atoms with Gasteiger partial charge in [-0.25, -0.2) is 9.97 Å². The molecule has 6 heteroatoms. The van der Waals surface area contributed by atoms with Crippen molar-refractivity contribution in [3.05, 3.63) is 97.6 Å². The van der Waals surface area contributed by atoms with E-state index >= 15 is 0 Å². The molecule has 0 saturated carbocycles. The summed E-state index contributed by atoms with van der Waals surface area (Å²) in [6, 6.07) is 24.5. The van der Waals surface area contributed by atoms with E-state index in [0.717, 1.165) is 55.5 Å². The third-order valence-corrected chi connectivity index (χ3v) is 5.94. The SMILES string of the molecule is c1ccc2c(c1)c1ncccc1n2-c1cnc(-n2c3ccccc3c3ncccc32)cn1. The van der Waals surface area contributed by atoms with E-state index in [0.29, 0.717) is 0 Å². The predicted octanol–water partition coefficient (Wildman–Crippen LogP) is 5.46. The van der Waals surface area contributed by atoms with Crippen LogP contribution in [0.1, 0.15) is 0 Å². The highest BCUT2D eigenvalue weighted by Gasteiger charge is 2.16. The third kappa shape index (κ3) is 2.29. The van der Waals surface area contributed by atoms with Gasteiger partial charge in [-0.15, -0.1) is 0 Å². The summed E-state index contributed by atoms with van der Waals surface area (Å²) in [5.74, 6) is 1.51. The molecule has 5 aromatic heterocycles. The van der Waals surface area contributed by atoms with Crippen LogP contribution in [0.2, 0.25) is 0 Å². The second-order valence-electron chi connectivity index (χ2n) is 7.68. The molecule has 0 atom stereocenters. The van der Waals surface area contributed by atoms with Gasteiger partial charge in [0.25, 0.3) is 0 Å². The Kier molecular flexibility index (Phi) is 3.46. The van der Waals surface area contributed by atoms with Crippen molar-refractivity contribution < 1.29 is 0 Å².